The molecule has 1 aromatic carbocycles. The Kier molecular flexibility index (Phi) is 6.18. The Balaban J connectivity index is 2.83. The van der Waals surface area contributed by atoms with E-state index >= 15 is 0 Å². The largest absolute Gasteiger partial charge is 0.373 e. The smallest absolute Gasteiger partial charge is 0.270 e. The van der Waals surface area contributed by atoms with E-state index in [1.54, 1.807) is 17.9 Å². The summed E-state index contributed by atoms with van der Waals surface area (Å²) in [5, 5.41) is 13.8. The average molecular weight is 391 g/mol. The summed E-state index contributed by atoms with van der Waals surface area (Å²) in [6, 6.07) is 4.17. The molecule has 1 amide bonds. The molecule has 0 aliphatic carbocycles. The Hall–Kier alpha value is -1.38. The van der Waals surface area contributed by atoms with Crippen molar-refractivity contribution in [2.45, 2.75) is 26.8 Å². The first kappa shape index (κ1) is 16.7. The van der Waals surface area contributed by atoms with Gasteiger partial charge in [-0.1, -0.05) is 0 Å². The van der Waals surface area contributed by atoms with Crippen LogP contribution in [0, 0.1) is 13.7 Å². The summed E-state index contributed by atoms with van der Waals surface area (Å²) in [5.41, 5.74) is 0.770. The van der Waals surface area contributed by atoms with Crippen molar-refractivity contribution < 1.29 is 9.72 Å². The number of carbonyl (C=O) groups is 1. The fraction of sp³-hybridized carbons (Fsp3) is 0.462. The lowest BCUT2D eigenvalue weighted by Gasteiger charge is -2.24. The van der Waals surface area contributed by atoms with Gasteiger partial charge >= 0.3 is 0 Å². The van der Waals surface area contributed by atoms with Crippen LogP contribution in [0.15, 0.2) is 18.2 Å². The van der Waals surface area contributed by atoms with Gasteiger partial charge in [-0.2, -0.15) is 0 Å². The first-order valence-electron chi connectivity index (χ1n) is 6.39. The molecule has 1 atom stereocenters. The van der Waals surface area contributed by atoms with Gasteiger partial charge in [-0.3, -0.25) is 14.9 Å². The number of amides is 1. The molecule has 0 bridgehead atoms. The lowest BCUT2D eigenvalue weighted by atomic mass is 10.2. The molecule has 0 aliphatic rings. The Morgan fingerprint density at radius 1 is 1.45 bits per heavy atom. The van der Waals surface area contributed by atoms with Gasteiger partial charge in [0.1, 0.15) is 6.04 Å². The van der Waals surface area contributed by atoms with Crippen LogP contribution in [0.2, 0.25) is 0 Å². The molecule has 1 rings (SSSR count). The second-order valence-electron chi connectivity index (χ2n) is 4.30. The molecule has 6 nitrogen and oxygen atoms in total. The van der Waals surface area contributed by atoms with Crippen LogP contribution in [0.5, 0.6) is 0 Å². The summed E-state index contributed by atoms with van der Waals surface area (Å²) in [6.07, 6.45) is 0. The SMILES string of the molecule is CCN(CC)C(=O)C(C)Nc1ccc([N+](=O)[O-])cc1I. The van der Waals surface area contributed by atoms with Gasteiger partial charge in [-0.05, 0) is 49.4 Å². The van der Waals surface area contributed by atoms with Gasteiger partial charge in [0.15, 0.2) is 0 Å². The molecule has 110 valence electrons. The minimum Gasteiger partial charge on any atom is -0.373 e. The number of nitrogens with one attached hydrogen (secondary N) is 1. The van der Waals surface area contributed by atoms with Crippen LogP contribution < -0.4 is 5.32 Å². The lowest BCUT2D eigenvalue weighted by molar-refractivity contribution is -0.384. The van der Waals surface area contributed by atoms with Gasteiger partial charge in [-0.15, -0.1) is 0 Å². The van der Waals surface area contributed by atoms with Crippen molar-refractivity contribution in [3.8, 4) is 0 Å². The molecule has 0 saturated heterocycles. The van der Waals surface area contributed by atoms with Crippen molar-refractivity contribution in [2.75, 3.05) is 18.4 Å². The third-order valence-corrected chi connectivity index (χ3v) is 3.87. The van der Waals surface area contributed by atoms with Crippen molar-refractivity contribution in [1.82, 2.24) is 4.90 Å². The number of anilines is 1. The Labute approximate surface area is 131 Å². The number of hydrogen-bond donors (Lipinski definition) is 1. The van der Waals surface area contributed by atoms with E-state index in [0.717, 1.165) is 9.26 Å². The van der Waals surface area contributed by atoms with Gasteiger partial charge in [0.2, 0.25) is 5.91 Å². The van der Waals surface area contributed by atoms with E-state index < -0.39 is 4.92 Å². The Bertz CT molecular complexity index is 504. The molecule has 0 spiro atoms. The van der Waals surface area contributed by atoms with E-state index in [2.05, 4.69) is 5.32 Å². The summed E-state index contributed by atoms with van der Waals surface area (Å²) in [4.78, 5) is 24.1. The van der Waals surface area contributed by atoms with Crippen LogP contribution in [0.3, 0.4) is 0 Å². The van der Waals surface area contributed by atoms with Gasteiger partial charge < -0.3 is 10.2 Å². The lowest BCUT2D eigenvalue weighted by Crippen LogP contribution is -2.41. The number of halogens is 1. The number of likely N-dealkylation sites (N-methyl/N-ethyl adjacent to an activating group) is 1. The normalized spacial score (nSPS) is 11.8. The average Bonchev–Trinajstić information content (AvgIpc) is 2.41. The predicted octanol–water partition coefficient (Wildman–Crippen LogP) is 2.87. The van der Waals surface area contributed by atoms with E-state index in [-0.39, 0.29) is 17.6 Å². The Morgan fingerprint density at radius 2 is 2.05 bits per heavy atom. The summed E-state index contributed by atoms with van der Waals surface area (Å²) in [7, 11) is 0. The molecule has 0 heterocycles. The minimum atomic E-state index is -0.434. The number of benzene rings is 1. The van der Waals surface area contributed by atoms with Crippen molar-refractivity contribution in [3.63, 3.8) is 0 Å². The van der Waals surface area contributed by atoms with Gasteiger partial charge in [-0.25, -0.2) is 0 Å². The minimum absolute atomic E-state index is 0.0177. The van der Waals surface area contributed by atoms with Crippen molar-refractivity contribution >= 4 is 39.9 Å². The zero-order valence-electron chi connectivity index (χ0n) is 11.7. The van der Waals surface area contributed by atoms with Gasteiger partial charge in [0, 0.05) is 34.5 Å². The molecular formula is C13H18IN3O3. The maximum atomic E-state index is 12.1. The summed E-state index contributed by atoms with van der Waals surface area (Å²) in [6.45, 7) is 6.99. The topological polar surface area (TPSA) is 75.5 Å². The molecule has 0 aliphatic heterocycles. The molecular weight excluding hydrogens is 373 g/mol. The summed E-state index contributed by atoms with van der Waals surface area (Å²) in [5.74, 6) is 0.0177. The summed E-state index contributed by atoms with van der Waals surface area (Å²) < 4.78 is 0.719. The molecule has 1 N–H and O–H groups in total. The van der Waals surface area contributed by atoms with Crippen LogP contribution in [0.4, 0.5) is 11.4 Å². The quantitative estimate of drug-likeness (QED) is 0.460. The predicted molar refractivity (Wildman–Crippen MR) is 86.8 cm³/mol. The van der Waals surface area contributed by atoms with Crippen molar-refractivity contribution in [2.24, 2.45) is 0 Å². The molecule has 0 saturated carbocycles. The van der Waals surface area contributed by atoms with Gasteiger partial charge in [0.25, 0.3) is 5.69 Å². The zero-order chi connectivity index (χ0) is 15.3. The van der Waals surface area contributed by atoms with Crippen LogP contribution >= 0.6 is 22.6 Å². The third kappa shape index (κ3) is 4.06. The molecule has 1 aromatic rings. The second kappa shape index (κ2) is 7.41. The second-order valence-corrected chi connectivity index (χ2v) is 5.46. The third-order valence-electron chi connectivity index (χ3n) is 2.98. The zero-order valence-corrected chi connectivity index (χ0v) is 13.9. The fourth-order valence-corrected chi connectivity index (χ4v) is 2.49. The van der Waals surface area contributed by atoms with E-state index in [9.17, 15) is 14.9 Å². The van der Waals surface area contributed by atoms with Crippen LogP contribution in [-0.4, -0.2) is 34.9 Å². The number of rotatable bonds is 6. The van der Waals surface area contributed by atoms with Gasteiger partial charge in [0.05, 0.1) is 4.92 Å². The number of carbonyl (C=O) groups excluding carboxylic acids is 1. The van der Waals surface area contributed by atoms with E-state index in [4.69, 9.17) is 0 Å². The highest BCUT2D eigenvalue weighted by molar-refractivity contribution is 14.1. The first-order valence-corrected chi connectivity index (χ1v) is 7.47. The highest BCUT2D eigenvalue weighted by Gasteiger charge is 2.19. The maximum absolute atomic E-state index is 12.1. The summed E-state index contributed by atoms with van der Waals surface area (Å²) >= 11 is 2.02. The van der Waals surface area contributed by atoms with E-state index in [1.807, 2.05) is 36.4 Å². The Morgan fingerprint density at radius 3 is 2.50 bits per heavy atom. The van der Waals surface area contributed by atoms with Crippen LogP contribution in [0.25, 0.3) is 0 Å². The van der Waals surface area contributed by atoms with Crippen molar-refractivity contribution in [1.29, 1.82) is 0 Å². The molecule has 20 heavy (non-hydrogen) atoms. The molecule has 1 unspecified atom stereocenters. The molecule has 0 aromatic heterocycles. The van der Waals surface area contributed by atoms with E-state index in [1.165, 1.54) is 12.1 Å². The number of nitro groups is 1. The van der Waals surface area contributed by atoms with Crippen LogP contribution in [0.1, 0.15) is 20.8 Å². The highest BCUT2D eigenvalue weighted by Crippen LogP contribution is 2.24. The van der Waals surface area contributed by atoms with E-state index in [0.29, 0.717) is 13.1 Å². The number of non-ortho nitro benzene ring substituents is 1. The molecule has 0 radical (unpaired) electrons. The fourth-order valence-electron chi connectivity index (χ4n) is 1.84. The monoisotopic (exact) mass is 391 g/mol. The number of nitrogens with zero attached hydrogens (tertiary/aromatic N) is 2. The number of hydrogen-bond acceptors (Lipinski definition) is 4. The first-order chi connectivity index (χ1) is 9.40. The standard InChI is InChI=1S/C13H18IN3O3/c1-4-16(5-2)13(18)9(3)15-12-7-6-10(17(19)20)8-11(12)14/h6-9,15H,4-5H2,1-3H3. The van der Waals surface area contributed by atoms with Crippen LogP contribution in [-0.2, 0) is 4.79 Å². The molecule has 7 heteroatoms. The highest BCUT2D eigenvalue weighted by atomic mass is 127. The molecule has 0 fully saturated rings. The maximum Gasteiger partial charge on any atom is 0.270 e. The van der Waals surface area contributed by atoms with Crippen molar-refractivity contribution in [3.05, 3.63) is 31.9 Å². The number of nitro benzene ring substituents is 1.